The summed E-state index contributed by atoms with van der Waals surface area (Å²) in [5.74, 6) is 0.840. The van der Waals surface area contributed by atoms with E-state index in [0.29, 0.717) is 36.5 Å². The first-order valence-corrected chi connectivity index (χ1v) is 7.51. The summed E-state index contributed by atoms with van der Waals surface area (Å²) in [6.45, 7) is 4.29. The van der Waals surface area contributed by atoms with Crippen molar-refractivity contribution < 1.29 is 13.6 Å². The van der Waals surface area contributed by atoms with E-state index in [-0.39, 0.29) is 24.1 Å². The molecule has 2 rings (SSSR count). The molecule has 0 radical (unpaired) electrons. The molecule has 1 aromatic heterocycles. The highest BCUT2D eigenvalue weighted by Crippen LogP contribution is 2.25. The summed E-state index contributed by atoms with van der Waals surface area (Å²) >= 11 is 0. The first-order valence-electron chi connectivity index (χ1n) is 7.51. The number of carbonyl (C=O) groups excluding carboxylic acids is 1. The predicted molar refractivity (Wildman–Crippen MR) is 91.2 cm³/mol. The van der Waals surface area contributed by atoms with Crippen molar-refractivity contribution in [2.24, 2.45) is 0 Å². The standard InChI is InChI=1S/C17H21FN2O2.ClH/c1-2-19-11-12-20-17(21)10-8-13-7-9-16(22-13)14-5-3-4-6-15(14)18;/h3-7,9,19H,2,8,10-12H2,1H3,(H,20,21);1H. The number of nitrogens with one attached hydrogen (secondary N) is 2. The predicted octanol–water partition coefficient (Wildman–Crippen LogP) is 3.17. The van der Waals surface area contributed by atoms with Crippen LogP contribution in [0.25, 0.3) is 11.3 Å². The maximum Gasteiger partial charge on any atom is 0.220 e. The summed E-state index contributed by atoms with van der Waals surface area (Å²) in [6.07, 6.45) is 0.859. The number of hydrogen-bond acceptors (Lipinski definition) is 3. The molecule has 0 saturated heterocycles. The number of hydrogen-bond donors (Lipinski definition) is 2. The number of carbonyl (C=O) groups is 1. The van der Waals surface area contributed by atoms with Gasteiger partial charge in [-0.3, -0.25) is 4.79 Å². The minimum absolute atomic E-state index is 0. The fourth-order valence-corrected chi connectivity index (χ4v) is 2.11. The Labute approximate surface area is 141 Å². The van der Waals surface area contributed by atoms with Crippen LogP contribution in [-0.2, 0) is 11.2 Å². The van der Waals surface area contributed by atoms with Crippen LogP contribution in [0.4, 0.5) is 4.39 Å². The van der Waals surface area contributed by atoms with Gasteiger partial charge in [0.15, 0.2) is 0 Å². The number of rotatable bonds is 8. The van der Waals surface area contributed by atoms with E-state index < -0.39 is 0 Å². The van der Waals surface area contributed by atoms with Crippen LogP contribution in [0.15, 0.2) is 40.8 Å². The molecule has 0 aliphatic heterocycles. The van der Waals surface area contributed by atoms with Crippen LogP contribution < -0.4 is 10.6 Å². The van der Waals surface area contributed by atoms with E-state index >= 15 is 0 Å². The molecule has 0 bridgehead atoms. The van der Waals surface area contributed by atoms with Gasteiger partial charge in [0.05, 0.1) is 5.56 Å². The third-order valence-corrected chi connectivity index (χ3v) is 3.27. The minimum atomic E-state index is -0.315. The molecule has 4 nitrogen and oxygen atoms in total. The third-order valence-electron chi connectivity index (χ3n) is 3.27. The fourth-order valence-electron chi connectivity index (χ4n) is 2.11. The van der Waals surface area contributed by atoms with Crippen molar-refractivity contribution >= 4 is 18.3 Å². The van der Waals surface area contributed by atoms with Gasteiger partial charge in [-0.2, -0.15) is 0 Å². The molecule has 1 amide bonds. The lowest BCUT2D eigenvalue weighted by Gasteiger charge is -2.04. The smallest absolute Gasteiger partial charge is 0.220 e. The van der Waals surface area contributed by atoms with Gasteiger partial charge in [-0.05, 0) is 30.8 Å². The monoisotopic (exact) mass is 340 g/mol. The van der Waals surface area contributed by atoms with Gasteiger partial charge in [0.2, 0.25) is 5.91 Å². The second-order valence-electron chi connectivity index (χ2n) is 4.95. The molecule has 1 heterocycles. The summed E-state index contributed by atoms with van der Waals surface area (Å²) in [5.41, 5.74) is 0.434. The number of likely N-dealkylation sites (N-methyl/N-ethyl adjacent to an activating group) is 1. The van der Waals surface area contributed by atoms with Gasteiger partial charge >= 0.3 is 0 Å². The molecule has 2 aromatic rings. The van der Waals surface area contributed by atoms with E-state index in [1.165, 1.54) is 6.07 Å². The Balaban J connectivity index is 0.00000264. The zero-order chi connectivity index (χ0) is 15.8. The Kier molecular flexibility index (Phi) is 8.37. The van der Waals surface area contributed by atoms with Gasteiger partial charge in [-0.15, -0.1) is 12.4 Å². The van der Waals surface area contributed by atoms with Crippen molar-refractivity contribution in [3.8, 4) is 11.3 Å². The molecular weight excluding hydrogens is 319 g/mol. The van der Waals surface area contributed by atoms with Crippen LogP contribution in [0.3, 0.4) is 0 Å². The minimum Gasteiger partial charge on any atom is -0.461 e. The summed E-state index contributed by atoms with van der Waals surface area (Å²) in [6, 6.07) is 9.99. The molecule has 0 unspecified atom stereocenters. The summed E-state index contributed by atoms with van der Waals surface area (Å²) in [5, 5.41) is 5.97. The van der Waals surface area contributed by atoms with E-state index in [0.717, 1.165) is 13.1 Å². The summed E-state index contributed by atoms with van der Waals surface area (Å²) in [7, 11) is 0. The first-order chi connectivity index (χ1) is 10.7. The molecule has 23 heavy (non-hydrogen) atoms. The number of halogens is 2. The molecule has 0 saturated carbocycles. The number of aryl methyl sites for hydroxylation is 1. The lowest BCUT2D eigenvalue weighted by Crippen LogP contribution is -2.31. The van der Waals surface area contributed by atoms with Gasteiger partial charge in [-0.25, -0.2) is 4.39 Å². The van der Waals surface area contributed by atoms with Crippen LogP contribution in [0.5, 0.6) is 0 Å². The molecule has 0 atom stereocenters. The second-order valence-corrected chi connectivity index (χ2v) is 4.95. The molecule has 1 aromatic carbocycles. The van der Waals surface area contributed by atoms with Crippen LogP contribution in [0, 0.1) is 5.82 Å². The summed E-state index contributed by atoms with van der Waals surface area (Å²) < 4.78 is 19.3. The fraction of sp³-hybridized carbons (Fsp3) is 0.353. The Bertz CT molecular complexity index is 616. The largest absolute Gasteiger partial charge is 0.461 e. The molecule has 126 valence electrons. The molecule has 0 aliphatic carbocycles. The highest BCUT2D eigenvalue weighted by molar-refractivity contribution is 5.85. The zero-order valence-electron chi connectivity index (χ0n) is 13.1. The van der Waals surface area contributed by atoms with E-state index in [4.69, 9.17) is 4.42 Å². The highest BCUT2D eigenvalue weighted by Gasteiger charge is 2.10. The maximum atomic E-state index is 13.7. The number of benzene rings is 1. The Morgan fingerprint density at radius 3 is 2.70 bits per heavy atom. The zero-order valence-corrected chi connectivity index (χ0v) is 13.9. The van der Waals surface area contributed by atoms with Crippen LogP contribution in [0.1, 0.15) is 19.1 Å². The van der Waals surface area contributed by atoms with Crippen molar-refractivity contribution in [3.63, 3.8) is 0 Å². The van der Waals surface area contributed by atoms with E-state index in [2.05, 4.69) is 10.6 Å². The van der Waals surface area contributed by atoms with Crippen molar-refractivity contribution in [1.82, 2.24) is 10.6 Å². The second kappa shape index (κ2) is 10.0. The number of amides is 1. The highest BCUT2D eigenvalue weighted by atomic mass is 35.5. The topological polar surface area (TPSA) is 54.3 Å². The quantitative estimate of drug-likeness (QED) is 0.726. The van der Waals surface area contributed by atoms with Crippen LogP contribution in [0.2, 0.25) is 0 Å². The molecule has 0 spiro atoms. The number of furan rings is 1. The Morgan fingerprint density at radius 1 is 1.17 bits per heavy atom. The molecular formula is C17H22ClFN2O2. The van der Waals surface area contributed by atoms with Gasteiger partial charge < -0.3 is 15.1 Å². The average molecular weight is 341 g/mol. The van der Waals surface area contributed by atoms with Crippen molar-refractivity contribution in [2.75, 3.05) is 19.6 Å². The van der Waals surface area contributed by atoms with Crippen LogP contribution in [-0.4, -0.2) is 25.5 Å². The third kappa shape index (κ3) is 6.04. The average Bonchev–Trinajstić information content (AvgIpc) is 2.99. The maximum absolute atomic E-state index is 13.7. The lowest BCUT2D eigenvalue weighted by molar-refractivity contribution is -0.121. The summed E-state index contributed by atoms with van der Waals surface area (Å²) in [4.78, 5) is 11.7. The molecule has 0 aliphatic rings. The van der Waals surface area contributed by atoms with Gasteiger partial charge in [0, 0.05) is 25.9 Å². The van der Waals surface area contributed by atoms with E-state index in [9.17, 15) is 9.18 Å². The normalized spacial score (nSPS) is 10.2. The van der Waals surface area contributed by atoms with E-state index in [1.807, 2.05) is 6.92 Å². The van der Waals surface area contributed by atoms with Gasteiger partial charge in [0.1, 0.15) is 17.3 Å². The van der Waals surface area contributed by atoms with E-state index in [1.54, 1.807) is 30.3 Å². The molecule has 0 fully saturated rings. The van der Waals surface area contributed by atoms with Gasteiger partial charge in [0.25, 0.3) is 0 Å². The molecule has 2 N–H and O–H groups in total. The Morgan fingerprint density at radius 2 is 1.96 bits per heavy atom. The molecule has 6 heteroatoms. The van der Waals surface area contributed by atoms with Crippen LogP contribution >= 0.6 is 12.4 Å². The first kappa shape index (κ1) is 19.2. The SMILES string of the molecule is CCNCCNC(=O)CCc1ccc(-c2ccccc2F)o1.Cl. The van der Waals surface area contributed by atoms with Crippen molar-refractivity contribution in [1.29, 1.82) is 0 Å². The van der Waals surface area contributed by atoms with Crippen molar-refractivity contribution in [2.45, 2.75) is 19.8 Å². The van der Waals surface area contributed by atoms with Gasteiger partial charge in [-0.1, -0.05) is 19.1 Å². The lowest BCUT2D eigenvalue weighted by atomic mass is 10.1. The van der Waals surface area contributed by atoms with Crippen molar-refractivity contribution in [3.05, 3.63) is 48.0 Å². The Hall–Kier alpha value is -1.85.